The second-order valence-electron chi connectivity index (χ2n) is 3.25. The van der Waals surface area contributed by atoms with E-state index in [0.29, 0.717) is 0 Å². The fourth-order valence-electron chi connectivity index (χ4n) is 1.23. The maximum absolute atomic E-state index is 13.7. The third-order valence-electron chi connectivity index (χ3n) is 2.02. The molecule has 0 aliphatic rings. The third-order valence-corrected chi connectivity index (χ3v) is 2.02. The van der Waals surface area contributed by atoms with Crippen LogP contribution in [0.4, 0.5) is 16.2 Å². The summed E-state index contributed by atoms with van der Waals surface area (Å²) in [4.78, 5) is 15.3. The van der Waals surface area contributed by atoms with E-state index in [4.69, 9.17) is 10.3 Å². The maximum Gasteiger partial charge on any atom is 0.322 e. The number of nitrogens with one attached hydrogen (secondary N) is 2. The van der Waals surface area contributed by atoms with Crippen molar-refractivity contribution in [3.63, 3.8) is 0 Å². The number of nitrogens with two attached hydrogens (primary N) is 1. The molecule has 0 aromatic carbocycles. The number of amides is 1. The monoisotopic (exact) mass is 252 g/mol. The molecular weight excluding hydrogens is 243 g/mol. The molecule has 9 heteroatoms. The first-order valence-corrected chi connectivity index (χ1v) is 4.84. The normalized spacial score (nSPS) is 10.2. The number of hydrazine groups is 1. The molecule has 18 heavy (non-hydrogen) atoms. The molecule has 0 fully saturated rings. The largest absolute Gasteiger partial charge is 0.408 e. The van der Waals surface area contributed by atoms with E-state index in [0.717, 1.165) is 0 Å². The number of rotatable bonds is 3. The number of hydrogen-bond acceptors (Lipinski definition) is 7. The molecule has 0 saturated heterocycles. The van der Waals surface area contributed by atoms with Crippen molar-refractivity contribution in [3.8, 4) is 0 Å². The zero-order chi connectivity index (χ0) is 13.1. The minimum Gasteiger partial charge on any atom is -0.408 e. The average Bonchev–Trinajstić information content (AvgIpc) is 2.75. The Morgan fingerprint density at radius 1 is 1.50 bits per heavy atom. The number of hydrogen-bond donors (Lipinski definition) is 3. The van der Waals surface area contributed by atoms with Gasteiger partial charge in [-0.25, -0.2) is 15.2 Å². The van der Waals surface area contributed by atoms with E-state index in [1.807, 2.05) is 5.43 Å². The van der Waals surface area contributed by atoms with Gasteiger partial charge in [0.2, 0.25) is 5.89 Å². The summed E-state index contributed by atoms with van der Waals surface area (Å²) in [6, 6.07) is 1.09. The Morgan fingerprint density at radius 2 is 2.28 bits per heavy atom. The zero-order valence-electron chi connectivity index (χ0n) is 9.27. The summed E-state index contributed by atoms with van der Waals surface area (Å²) < 4.78 is 18.6. The Labute approximate surface area is 100 Å². The second kappa shape index (κ2) is 4.75. The summed E-state index contributed by atoms with van der Waals surface area (Å²) in [5.41, 5.74) is 1.80. The number of halogens is 1. The van der Waals surface area contributed by atoms with Crippen LogP contribution in [-0.2, 0) is 0 Å². The van der Waals surface area contributed by atoms with Gasteiger partial charge in [-0.15, -0.1) is 5.10 Å². The summed E-state index contributed by atoms with van der Waals surface area (Å²) in [7, 11) is 0. The summed E-state index contributed by atoms with van der Waals surface area (Å²) in [5, 5.41) is 9.33. The fraction of sp³-hybridized carbons (Fsp3) is 0.111. The number of nitrogens with zero attached hydrogens (tertiary/aromatic N) is 3. The van der Waals surface area contributed by atoms with Gasteiger partial charge in [0.05, 0.1) is 5.56 Å². The number of nitrogen functional groups attached to an aromatic ring is 1. The molecule has 8 nitrogen and oxygen atoms in total. The van der Waals surface area contributed by atoms with Gasteiger partial charge >= 0.3 is 6.01 Å². The lowest BCUT2D eigenvalue weighted by molar-refractivity contribution is 0.102. The van der Waals surface area contributed by atoms with Crippen LogP contribution < -0.4 is 16.6 Å². The minimum atomic E-state index is -0.867. The van der Waals surface area contributed by atoms with Crippen molar-refractivity contribution in [2.45, 2.75) is 6.92 Å². The molecule has 0 atom stereocenters. The van der Waals surface area contributed by atoms with Crippen molar-refractivity contribution >= 4 is 17.7 Å². The number of pyridine rings is 1. The van der Waals surface area contributed by atoms with Gasteiger partial charge < -0.3 is 9.84 Å². The van der Waals surface area contributed by atoms with Gasteiger partial charge in [-0.05, 0) is 6.07 Å². The van der Waals surface area contributed by atoms with Crippen molar-refractivity contribution in [2.75, 3.05) is 10.7 Å². The van der Waals surface area contributed by atoms with Crippen LogP contribution >= 0.6 is 0 Å². The predicted octanol–water partition coefficient (Wildman–Crippen LogP) is 0.450. The zero-order valence-corrected chi connectivity index (χ0v) is 9.27. The van der Waals surface area contributed by atoms with Crippen LogP contribution in [0.2, 0.25) is 0 Å². The van der Waals surface area contributed by atoms with Crippen molar-refractivity contribution in [1.82, 2.24) is 15.2 Å². The highest BCUT2D eigenvalue weighted by Gasteiger charge is 2.17. The predicted molar refractivity (Wildman–Crippen MR) is 59.0 cm³/mol. The van der Waals surface area contributed by atoms with Crippen LogP contribution in [0.3, 0.4) is 0 Å². The van der Waals surface area contributed by atoms with Crippen molar-refractivity contribution in [2.24, 2.45) is 5.84 Å². The second-order valence-corrected chi connectivity index (χ2v) is 3.25. The van der Waals surface area contributed by atoms with Gasteiger partial charge in [0, 0.05) is 13.1 Å². The molecule has 0 aliphatic carbocycles. The van der Waals surface area contributed by atoms with Crippen molar-refractivity contribution in [1.29, 1.82) is 0 Å². The van der Waals surface area contributed by atoms with Crippen molar-refractivity contribution in [3.05, 3.63) is 29.5 Å². The van der Waals surface area contributed by atoms with Crippen LogP contribution in [0, 0.1) is 12.7 Å². The standard InChI is InChI=1S/C9H9FN6O2/c1-4-15-16-9(18-4)13-8(17)5-2-3-12-7(14-11)6(5)10/h2-3H,11H2,1H3,(H,12,14)(H,13,16,17). The molecule has 0 saturated carbocycles. The Balaban J connectivity index is 2.24. The molecule has 0 radical (unpaired) electrons. The SMILES string of the molecule is Cc1nnc(NC(=O)c2ccnc(NN)c2F)o1. The highest BCUT2D eigenvalue weighted by Crippen LogP contribution is 2.15. The Bertz CT molecular complexity index is 584. The molecule has 0 bridgehead atoms. The quantitative estimate of drug-likeness (QED) is 0.536. The first-order valence-electron chi connectivity index (χ1n) is 4.84. The van der Waals surface area contributed by atoms with E-state index >= 15 is 0 Å². The van der Waals surface area contributed by atoms with Gasteiger partial charge in [-0.1, -0.05) is 5.10 Å². The molecular formula is C9H9FN6O2. The molecule has 94 valence electrons. The van der Waals surface area contributed by atoms with Crippen LogP contribution in [0.15, 0.2) is 16.7 Å². The highest BCUT2D eigenvalue weighted by atomic mass is 19.1. The maximum atomic E-state index is 13.7. The number of aromatic nitrogens is 3. The first kappa shape index (κ1) is 11.9. The van der Waals surface area contributed by atoms with Crippen molar-refractivity contribution < 1.29 is 13.6 Å². The Hall–Kier alpha value is -2.55. The molecule has 2 rings (SSSR count). The summed E-state index contributed by atoms with van der Waals surface area (Å²) in [6.45, 7) is 1.56. The van der Waals surface area contributed by atoms with Gasteiger partial charge in [0.1, 0.15) is 0 Å². The minimum absolute atomic E-state index is 0.115. The van der Waals surface area contributed by atoms with E-state index in [-0.39, 0.29) is 23.3 Å². The summed E-state index contributed by atoms with van der Waals surface area (Å²) >= 11 is 0. The summed E-state index contributed by atoms with van der Waals surface area (Å²) in [6.07, 6.45) is 1.24. The van der Waals surface area contributed by atoms with Gasteiger partial charge in [0.15, 0.2) is 11.6 Å². The van der Waals surface area contributed by atoms with E-state index in [1.165, 1.54) is 12.3 Å². The molecule has 1 amide bonds. The Morgan fingerprint density at radius 3 is 2.89 bits per heavy atom. The molecule has 2 aromatic heterocycles. The van der Waals surface area contributed by atoms with Gasteiger partial charge in [-0.3, -0.25) is 10.1 Å². The van der Waals surface area contributed by atoms with Crippen LogP contribution in [0.1, 0.15) is 16.2 Å². The van der Waals surface area contributed by atoms with Crippen LogP contribution in [0.25, 0.3) is 0 Å². The molecule has 2 aromatic rings. The summed E-state index contributed by atoms with van der Waals surface area (Å²) in [5.74, 6) is 3.49. The lowest BCUT2D eigenvalue weighted by Gasteiger charge is -2.05. The molecule has 4 N–H and O–H groups in total. The number of aryl methyl sites for hydroxylation is 1. The van der Waals surface area contributed by atoms with E-state index in [2.05, 4.69) is 20.5 Å². The van der Waals surface area contributed by atoms with Gasteiger partial charge in [0.25, 0.3) is 5.91 Å². The van der Waals surface area contributed by atoms with Crippen LogP contribution in [-0.4, -0.2) is 21.1 Å². The Kier molecular flexibility index (Phi) is 3.15. The molecule has 0 aliphatic heterocycles. The van der Waals surface area contributed by atoms with E-state index in [1.54, 1.807) is 6.92 Å². The number of anilines is 2. The number of carbonyl (C=O) groups is 1. The van der Waals surface area contributed by atoms with Gasteiger partial charge in [-0.2, -0.15) is 0 Å². The molecule has 0 unspecified atom stereocenters. The first-order chi connectivity index (χ1) is 8.61. The van der Waals surface area contributed by atoms with E-state index in [9.17, 15) is 9.18 Å². The molecule has 2 heterocycles. The lowest BCUT2D eigenvalue weighted by Crippen LogP contribution is -2.17. The lowest BCUT2D eigenvalue weighted by atomic mass is 10.2. The smallest absolute Gasteiger partial charge is 0.322 e. The van der Waals surface area contributed by atoms with Crippen LogP contribution in [0.5, 0.6) is 0 Å². The average molecular weight is 252 g/mol. The number of carbonyl (C=O) groups excluding carboxylic acids is 1. The topological polar surface area (TPSA) is 119 Å². The molecule has 0 spiro atoms. The highest BCUT2D eigenvalue weighted by molar-refractivity contribution is 6.03. The third kappa shape index (κ3) is 2.25. The fourth-order valence-corrected chi connectivity index (χ4v) is 1.23. The van der Waals surface area contributed by atoms with E-state index < -0.39 is 11.7 Å².